The van der Waals surface area contributed by atoms with E-state index in [9.17, 15) is 4.79 Å². The second-order valence-corrected chi connectivity index (χ2v) is 6.11. The average Bonchev–Trinajstić information content (AvgIpc) is 3.08. The summed E-state index contributed by atoms with van der Waals surface area (Å²) in [4.78, 5) is 14.3. The van der Waals surface area contributed by atoms with Gasteiger partial charge in [-0.25, -0.2) is 0 Å². The molecule has 1 amide bonds. The van der Waals surface area contributed by atoms with Crippen molar-refractivity contribution in [3.8, 4) is 0 Å². The first-order valence-electron chi connectivity index (χ1n) is 8.47. The highest BCUT2D eigenvalue weighted by atomic mass is 16.2. The van der Waals surface area contributed by atoms with E-state index in [1.54, 1.807) is 0 Å². The first-order chi connectivity index (χ1) is 11.2. The van der Waals surface area contributed by atoms with Gasteiger partial charge in [0.25, 0.3) is 0 Å². The van der Waals surface area contributed by atoms with Crippen molar-refractivity contribution in [3.05, 3.63) is 47.7 Å². The van der Waals surface area contributed by atoms with Crippen LogP contribution in [0.2, 0.25) is 0 Å². The number of unbranched alkanes of at least 4 members (excludes halogenated alkanes) is 1. The lowest BCUT2D eigenvalue weighted by Crippen LogP contribution is -2.39. The van der Waals surface area contributed by atoms with Crippen molar-refractivity contribution in [2.75, 3.05) is 6.54 Å². The van der Waals surface area contributed by atoms with Gasteiger partial charge >= 0.3 is 0 Å². The minimum absolute atomic E-state index is 0.125. The number of amides is 1. The number of hydrogen-bond donors (Lipinski definition) is 2. The number of carbonyl (C=O) groups excluding carboxylic acids is 1. The van der Waals surface area contributed by atoms with Gasteiger partial charge in [-0.15, -0.1) is 0 Å². The second kappa shape index (κ2) is 8.51. The van der Waals surface area contributed by atoms with Crippen LogP contribution in [0.4, 0.5) is 0 Å². The van der Waals surface area contributed by atoms with Gasteiger partial charge in [0.1, 0.15) is 0 Å². The van der Waals surface area contributed by atoms with Gasteiger partial charge in [-0.05, 0) is 30.4 Å². The smallest absolute Gasteiger partial charge is 0.223 e. The third kappa shape index (κ3) is 4.68. The molecular weight excluding hydrogens is 286 g/mol. The summed E-state index contributed by atoms with van der Waals surface area (Å²) in [6.07, 6.45) is 6.05. The summed E-state index contributed by atoms with van der Waals surface area (Å²) in [5, 5.41) is 10.6. The molecule has 1 aliphatic rings. The van der Waals surface area contributed by atoms with Gasteiger partial charge in [-0.3, -0.25) is 4.79 Å². The van der Waals surface area contributed by atoms with Crippen LogP contribution in [0.3, 0.4) is 0 Å². The topological polar surface area (TPSA) is 56.2 Å². The molecule has 1 aromatic rings. The number of likely N-dealkylation sites (tertiary alicyclic amines) is 1. The number of rotatable bonds is 8. The standard InChI is InChI=1S/C19H27N3O/c1-3-4-7-19(23)22-12-5-6-18(22)15(2)21-14-17-10-8-16(13-20)9-11-17/h8-11,13,18,20-21H,2-7,12,14H2,1H3. The minimum Gasteiger partial charge on any atom is -0.383 e. The van der Waals surface area contributed by atoms with Crippen molar-refractivity contribution in [2.24, 2.45) is 0 Å². The number of nitrogens with one attached hydrogen (secondary N) is 2. The monoisotopic (exact) mass is 313 g/mol. The summed E-state index contributed by atoms with van der Waals surface area (Å²) in [5.41, 5.74) is 2.98. The SMILES string of the molecule is C=C(NCc1ccc(C=N)cc1)C1CCCN1C(=O)CCCC. The van der Waals surface area contributed by atoms with E-state index in [1.807, 2.05) is 29.2 Å². The van der Waals surface area contributed by atoms with Crippen molar-refractivity contribution in [1.82, 2.24) is 10.2 Å². The molecule has 2 N–H and O–H groups in total. The molecular formula is C19H27N3O. The molecule has 1 heterocycles. The predicted octanol–water partition coefficient (Wildman–Crippen LogP) is 3.47. The third-order valence-corrected chi connectivity index (χ3v) is 4.39. The Bertz CT molecular complexity index is 550. The quantitative estimate of drug-likeness (QED) is 0.722. The molecule has 0 radical (unpaired) electrons. The van der Waals surface area contributed by atoms with Crippen LogP contribution in [0, 0.1) is 5.41 Å². The maximum atomic E-state index is 12.3. The largest absolute Gasteiger partial charge is 0.383 e. The maximum absolute atomic E-state index is 12.3. The van der Waals surface area contributed by atoms with E-state index in [1.165, 1.54) is 6.21 Å². The fraction of sp³-hybridized carbons (Fsp3) is 0.474. The highest BCUT2D eigenvalue weighted by Crippen LogP contribution is 2.23. The Morgan fingerprint density at radius 3 is 2.83 bits per heavy atom. The van der Waals surface area contributed by atoms with Gasteiger partial charge in [0.05, 0.1) is 6.04 Å². The van der Waals surface area contributed by atoms with E-state index in [2.05, 4.69) is 18.8 Å². The van der Waals surface area contributed by atoms with E-state index in [0.717, 1.165) is 49.1 Å². The molecule has 1 saturated heterocycles. The average molecular weight is 313 g/mol. The van der Waals surface area contributed by atoms with Crippen LogP contribution in [-0.4, -0.2) is 29.6 Å². The summed E-state index contributed by atoms with van der Waals surface area (Å²) >= 11 is 0. The third-order valence-electron chi connectivity index (χ3n) is 4.39. The lowest BCUT2D eigenvalue weighted by molar-refractivity contribution is -0.131. The number of carbonyl (C=O) groups is 1. The molecule has 4 nitrogen and oxygen atoms in total. The van der Waals surface area contributed by atoms with Crippen molar-refractivity contribution in [3.63, 3.8) is 0 Å². The molecule has 0 aromatic heterocycles. The van der Waals surface area contributed by atoms with Crippen molar-refractivity contribution >= 4 is 12.1 Å². The lowest BCUT2D eigenvalue weighted by Gasteiger charge is -2.27. The molecule has 0 aliphatic carbocycles. The maximum Gasteiger partial charge on any atom is 0.223 e. The number of benzene rings is 1. The van der Waals surface area contributed by atoms with Crippen LogP contribution < -0.4 is 5.32 Å². The zero-order valence-corrected chi connectivity index (χ0v) is 14.0. The fourth-order valence-electron chi connectivity index (χ4n) is 2.96. The molecule has 1 unspecified atom stereocenters. The minimum atomic E-state index is 0.125. The zero-order valence-electron chi connectivity index (χ0n) is 14.0. The van der Waals surface area contributed by atoms with Crippen molar-refractivity contribution < 1.29 is 4.79 Å². The van der Waals surface area contributed by atoms with Gasteiger partial charge in [0.15, 0.2) is 0 Å². The Kier molecular flexibility index (Phi) is 6.39. The van der Waals surface area contributed by atoms with Crippen molar-refractivity contribution in [1.29, 1.82) is 5.41 Å². The van der Waals surface area contributed by atoms with Gasteiger partial charge in [0.2, 0.25) is 5.91 Å². The Morgan fingerprint density at radius 1 is 1.43 bits per heavy atom. The Morgan fingerprint density at radius 2 is 2.17 bits per heavy atom. The molecule has 1 atom stereocenters. The first-order valence-corrected chi connectivity index (χ1v) is 8.47. The second-order valence-electron chi connectivity index (χ2n) is 6.11. The van der Waals surface area contributed by atoms with Gasteiger partial charge in [-0.1, -0.05) is 44.2 Å². The Labute approximate surface area is 139 Å². The van der Waals surface area contributed by atoms with E-state index < -0.39 is 0 Å². The highest BCUT2D eigenvalue weighted by molar-refractivity contribution is 5.77. The normalized spacial score (nSPS) is 17.1. The van der Waals surface area contributed by atoms with Gasteiger partial charge in [0, 0.05) is 31.4 Å². The summed E-state index contributed by atoms with van der Waals surface area (Å²) in [7, 11) is 0. The molecule has 124 valence electrons. The van der Waals surface area contributed by atoms with Crippen molar-refractivity contribution in [2.45, 2.75) is 51.6 Å². The van der Waals surface area contributed by atoms with Crippen LogP contribution in [0.5, 0.6) is 0 Å². The van der Waals surface area contributed by atoms with Crippen LogP contribution >= 0.6 is 0 Å². The van der Waals surface area contributed by atoms with E-state index in [4.69, 9.17) is 5.41 Å². The fourth-order valence-corrected chi connectivity index (χ4v) is 2.96. The Hall–Kier alpha value is -2.10. The summed E-state index contributed by atoms with van der Waals surface area (Å²) < 4.78 is 0. The Balaban J connectivity index is 1.88. The summed E-state index contributed by atoms with van der Waals surface area (Å²) in [6.45, 7) is 7.82. The van der Waals surface area contributed by atoms with Gasteiger partial charge in [-0.2, -0.15) is 0 Å². The van der Waals surface area contributed by atoms with Crippen LogP contribution in [-0.2, 0) is 11.3 Å². The number of hydrogen-bond acceptors (Lipinski definition) is 3. The van der Waals surface area contributed by atoms with E-state index >= 15 is 0 Å². The van der Waals surface area contributed by atoms with E-state index in [-0.39, 0.29) is 11.9 Å². The molecule has 0 spiro atoms. The van der Waals surface area contributed by atoms with Crippen LogP contribution in [0.1, 0.15) is 50.2 Å². The summed E-state index contributed by atoms with van der Waals surface area (Å²) in [6, 6.07) is 8.02. The summed E-state index contributed by atoms with van der Waals surface area (Å²) in [5.74, 6) is 0.257. The molecule has 23 heavy (non-hydrogen) atoms. The molecule has 1 fully saturated rings. The number of nitrogens with zero attached hydrogens (tertiary/aromatic N) is 1. The molecule has 1 aromatic carbocycles. The van der Waals surface area contributed by atoms with Crippen LogP contribution in [0.15, 0.2) is 36.5 Å². The van der Waals surface area contributed by atoms with E-state index in [0.29, 0.717) is 13.0 Å². The first kappa shape index (κ1) is 17.3. The van der Waals surface area contributed by atoms with Crippen LogP contribution in [0.25, 0.3) is 0 Å². The lowest BCUT2D eigenvalue weighted by atomic mass is 10.1. The highest BCUT2D eigenvalue weighted by Gasteiger charge is 2.29. The van der Waals surface area contributed by atoms with Gasteiger partial charge < -0.3 is 15.6 Å². The predicted molar refractivity (Wildman–Crippen MR) is 94.6 cm³/mol. The zero-order chi connectivity index (χ0) is 16.7. The molecule has 4 heteroatoms. The molecule has 0 saturated carbocycles. The molecule has 0 bridgehead atoms. The molecule has 2 rings (SSSR count). The molecule has 1 aliphatic heterocycles.